The molecule has 28 heavy (non-hydrogen) atoms. The number of likely N-dealkylation sites (tertiary alicyclic amines) is 1. The Labute approximate surface area is 171 Å². The van der Waals surface area contributed by atoms with Gasteiger partial charge >= 0.3 is 0 Å². The monoisotopic (exact) mass is 398 g/mol. The minimum absolute atomic E-state index is 0.0972. The molecule has 2 aromatic rings. The van der Waals surface area contributed by atoms with Crippen molar-refractivity contribution in [3.63, 3.8) is 0 Å². The number of benzene rings is 2. The highest BCUT2D eigenvalue weighted by molar-refractivity contribution is 7.80. The Morgan fingerprint density at radius 2 is 1.79 bits per heavy atom. The molecule has 0 unspecified atom stereocenters. The van der Waals surface area contributed by atoms with Crippen LogP contribution in [-0.2, 0) is 4.79 Å². The number of methoxy groups -OCH3 is 1. The highest BCUT2D eigenvalue weighted by Crippen LogP contribution is 2.29. The molecular weight excluding hydrogens is 372 g/mol. The molecule has 0 spiro atoms. The SMILES string of the molecule is COc1cc(C(=S)N2CCCC2)ccc1OCC(=O)Nc1c(C)cccc1C. The van der Waals surface area contributed by atoms with E-state index >= 15 is 0 Å². The molecule has 1 N–H and O–H groups in total. The van der Waals surface area contributed by atoms with Crippen LogP contribution in [0.25, 0.3) is 0 Å². The summed E-state index contributed by atoms with van der Waals surface area (Å²) >= 11 is 5.60. The number of carbonyl (C=O) groups is 1. The summed E-state index contributed by atoms with van der Waals surface area (Å²) in [6, 6.07) is 11.5. The van der Waals surface area contributed by atoms with Gasteiger partial charge in [0.1, 0.15) is 4.99 Å². The lowest BCUT2D eigenvalue weighted by Gasteiger charge is -2.20. The predicted octanol–water partition coefficient (Wildman–Crippen LogP) is 4.10. The summed E-state index contributed by atoms with van der Waals surface area (Å²) < 4.78 is 11.2. The van der Waals surface area contributed by atoms with Crippen molar-refractivity contribution in [1.82, 2.24) is 4.90 Å². The standard InChI is InChI=1S/C22H26N2O3S/c1-15-7-6-8-16(2)21(15)23-20(25)14-27-18-10-9-17(13-19(18)26-3)22(28)24-11-4-5-12-24/h6-10,13H,4-5,11-12,14H2,1-3H3,(H,23,25). The molecule has 5 nitrogen and oxygen atoms in total. The summed E-state index contributed by atoms with van der Waals surface area (Å²) in [5.41, 5.74) is 3.80. The summed E-state index contributed by atoms with van der Waals surface area (Å²) in [7, 11) is 1.58. The van der Waals surface area contributed by atoms with E-state index in [1.807, 2.05) is 50.2 Å². The highest BCUT2D eigenvalue weighted by Gasteiger charge is 2.18. The first-order valence-electron chi connectivity index (χ1n) is 9.46. The van der Waals surface area contributed by atoms with Crippen LogP contribution in [-0.4, -0.2) is 42.6 Å². The lowest BCUT2D eigenvalue weighted by atomic mass is 10.1. The summed E-state index contributed by atoms with van der Waals surface area (Å²) in [4.78, 5) is 15.4. The summed E-state index contributed by atoms with van der Waals surface area (Å²) in [6.07, 6.45) is 2.35. The molecule has 0 aromatic heterocycles. The van der Waals surface area contributed by atoms with E-state index in [1.165, 1.54) is 12.8 Å². The van der Waals surface area contributed by atoms with Crippen LogP contribution >= 0.6 is 12.2 Å². The van der Waals surface area contributed by atoms with Gasteiger partial charge in [0.05, 0.1) is 7.11 Å². The average molecular weight is 399 g/mol. The normalized spacial score (nSPS) is 13.3. The number of ether oxygens (including phenoxy) is 2. The Hall–Kier alpha value is -2.60. The van der Waals surface area contributed by atoms with Crippen LogP contribution < -0.4 is 14.8 Å². The maximum Gasteiger partial charge on any atom is 0.262 e. The van der Waals surface area contributed by atoms with Crippen molar-refractivity contribution in [2.75, 3.05) is 32.1 Å². The smallest absolute Gasteiger partial charge is 0.262 e. The number of hydrogen-bond donors (Lipinski definition) is 1. The molecule has 0 aliphatic carbocycles. The Morgan fingerprint density at radius 3 is 2.43 bits per heavy atom. The number of hydrogen-bond acceptors (Lipinski definition) is 4. The van der Waals surface area contributed by atoms with Crippen molar-refractivity contribution in [2.24, 2.45) is 0 Å². The van der Waals surface area contributed by atoms with Gasteiger partial charge in [0.15, 0.2) is 18.1 Å². The summed E-state index contributed by atoms with van der Waals surface area (Å²) in [5, 5.41) is 2.92. The van der Waals surface area contributed by atoms with Gasteiger partial charge < -0.3 is 19.7 Å². The van der Waals surface area contributed by atoms with E-state index in [1.54, 1.807) is 7.11 Å². The van der Waals surface area contributed by atoms with Crippen LogP contribution in [0.5, 0.6) is 11.5 Å². The number of rotatable bonds is 6. The zero-order valence-electron chi connectivity index (χ0n) is 16.6. The zero-order valence-corrected chi connectivity index (χ0v) is 17.4. The second kappa shape index (κ2) is 9.06. The second-order valence-corrected chi connectivity index (χ2v) is 7.36. The van der Waals surface area contributed by atoms with Crippen molar-refractivity contribution in [2.45, 2.75) is 26.7 Å². The molecule has 0 saturated carbocycles. The van der Waals surface area contributed by atoms with Gasteiger partial charge in [-0.15, -0.1) is 0 Å². The van der Waals surface area contributed by atoms with Crippen LogP contribution in [0, 0.1) is 13.8 Å². The van der Waals surface area contributed by atoms with Gasteiger partial charge in [0.2, 0.25) is 0 Å². The Balaban J connectivity index is 1.65. The molecule has 1 heterocycles. The number of nitrogens with one attached hydrogen (secondary N) is 1. The van der Waals surface area contributed by atoms with E-state index in [9.17, 15) is 4.79 Å². The minimum Gasteiger partial charge on any atom is -0.493 e. The first-order valence-corrected chi connectivity index (χ1v) is 9.86. The molecule has 1 aliphatic heterocycles. The Kier molecular flexibility index (Phi) is 6.52. The van der Waals surface area contributed by atoms with Crippen LogP contribution in [0.3, 0.4) is 0 Å². The van der Waals surface area contributed by atoms with Crippen molar-refractivity contribution in [3.8, 4) is 11.5 Å². The fourth-order valence-corrected chi connectivity index (χ4v) is 3.66. The number of carbonyl (C=O) groups excluding carboxylic acids is 1. The van der Waals surface area contributed by atoms with E-state index in [4.69, 9.17) is 21.7 Å². The third kappa shape index (κ3) is 4.62. The van der Waals surface area contributed by atoms with Gasteiger partial charge in [-0.1, -0.05) is 30.4 Å². The zero-order chi connectivity index (χ0) is 20.1. The number of anilines is 1. The van der Waals surface area contributed by atoms with Crippen molar-refractivity contribution in [3.05, 3.63) is 53.1 Å². The summed E-state index contributed by atoms with van der Waals surface area (Å²) in [6.45, 7) is 5.83. The molecule has 0 radical (unpaired) electrons. The van der Waals surface area contributed by atoms with E-state index in [0.717, 1.165) is 40.5 Å². The highest BCUT2D eigenvalue weighted by atomic mass is 32.1. The molecular formula is C22H26N2O3S. The van der Waals surface area contributed by atoms with E-state index in [-0.39, 0.29) is 12.5 Å². The summed E-state index contributed by atoms with van der Waals surface area (Å²) in [5.74, 6) is 0.877. The van der Waals surface area contributed by atoms with Crippen LogP contribution in [0.15, 0.2) is 36.4 Å². The molecule has 1 aliphatic rings. The van der Waals surface area contributed by atoms with E-state index in [0.29, 0.717) is 11.5 Å². The van der Waals surface area contributed by atoms with Crippen LogP contribution in [0.4, 0.5) is 5.69 Å². The average Bonchev–Trinajstić information content (AvgIpc) is 3.23. The topological polar surface area (TPSA) is 50.8 Å². The van der Waals surface area contributed by atoms with Crippen LogP contribution in [0.2, 0.25) is 0 Å². The first-order chi connectivity index (χ1) is 13.5. The molecule has 3 rings (SSSR count). The molecule has 6 heteroatoms. The van der Waals surface area contributed by atoms with Gasteiger partial charge in [-0.3, -0.25) is 4.79 Å². The third-order valence-corrected chi connectivity index (χ3v) is 5.40. The number of amides is 1. The number of para-hydroxylation sites is 1. The fraction of sp³-hybridized carbons (Fsp3) is 0.364. The third-order valence-electron chi connectivity index (χ3n) is 4.91. The van der Waals surface area contributed by atoms with Gasteiger partial charge in [0, 0.05) is 24.3 Å². The van der Waals surface area contributed by atoms with Gasteiger partial charge in [-0.2, -0.15) is 0 Å². The number of nitrogens with zero attached hydrogens (tertiary/aromatic N) is 1. The maximum absolute atomic E-state index is 12.3. The molecule has 0 bridgehead atoms. The van der Waals surface area contributed by atoms with Crippen molar-refractivity contribution >= 4 is 28.8 Å². The van der Waals surface area contributed by atoms with Gasteiger partial charge in [-0.05, 0) is 56.0 Å². The lowest BCUT2D eigenvalue weighted by Crippen LogP contribution is -2.26. The molecule has 0 atom stereocenters. The first kappa shape index (κ1) is 20.1. The van der Waals surface area contributed by atoms with E-state index < -0.39 is 0 Å². The van der Waals surface area contributed by atoms with Gasteiger partial charge in [-0.25, -0.2) is 0 Å². The largest absolute Gasteiger partial charge is 0.493 e. The van der Waals surface area contributed by atoms with Crippen LogP contribution in [0.1, 0.15) is 29.5 Å². The quantitative estimate of drug-likeness (QED) is 0.743. The molecule has 2 aromatic carbocycles. The number of thiocarbonyl (C=S) groups is 1. The van der Waals surface area contributed by atoms with Gasteiger partial charge in [0.25, 0.3) is 5.91 Å². The molecule has 148 valence electrons. The minimum atomic E-state index is -0.212. The van der Waals surface area contributed by atoms with E-state index in [2.05, 4.69) is 10.2 Å². The molecule has 1 amide bonds. The molecule has 1 fully saturated rings. The second-order valence-electron chi connectivity index (χ2n) is 6.97. The molecule has 1 saturated heterocycles. The Bertz CT molecular complexity index is 856. The lowest BCUT2D eigenvalue weighted by molar-refractivity contribution is -0.118. The van der Waals surface area contributed by atoms with Crippen molar-refractivity contribution < 1.29 is 14.3 Å². The van der Waals surface area contributed by atoms with Crippen molar-refractivity contribution in [1.29, 1.82) is 0 Å². The predicted molar refractivity (Wildman–Crippen MR) is 116 cm³/mol. The number of aryl methyl sites for hydroxylation is 2. The maximum atomic E-state index is 12.3. The fourth-order valence-electron chi connectivity index (χ4n) is 3.35. The Morgan fingerprint density at radius 1 is 1.11 bits per heavy atom.